The van der Waals surface area contributed by atoms with Crippen molar-refractivity contribution < 1.29 is 22.5 Å². The van der Waals surface area contributed by atoms with Crippen LogP contribution in [0.1, 0.15) is 39.2 Å². The number of carbonyl (C=O) groups is 1. The fourth-order valence-corrected chi connectivity index (χ4v) is 3.62. The molecule has 0 radical (unpaired) electrons. The molecule has 27 heavy (non-hydrogen) atoms. The van der Waals surface area contributed by atoms with Gasteiger partial charge in [0, 0.05) is 37.6 Å². The third kappa shape index (κ3) is 5.05. The van der Waals surface area contributed by atoms with Gasteiger partial charge in [0.2, 0.25) is 5.89 Å². The first-order valence-corrected chi connectivity index (χ1v) is 9.25. The molecule has 2 aromatic rings. The van der Waals surface area contributed by atoms with Crippen molar-refractivity contribution in [2.24, 2.45) is 0 Å². The van der Waals surface area contributed by atoms with Gasteiger partial charge in [-0.25, -0.2) is 0 Å². The van der Waals surface area contributed by atoms with Gasteiger partial charge in [-0.05, 0) is 26.1 Å². The van der Waals surface area contributed by atoms with Gasteiger partial charge in [0.25, 0.3) is 11.7 Å². The maximum atomic E-state index is 12.5. The molecule has 1 saturated heterocycles. The number of rotatable bonds is 5. The smallest absolute Gasteiger partial charge is 0.340 e. The highest BCUT2D eigenvalue weighted by Crippen LogP contribution is 2.27. The van der Waals surface area contributed by atoms with E-state index in [4.69, 9.17) is 0 Å². The van der Waals surface area contributed by atoms with Crippen molar-refractivity contribution in [2.75, 3.05) is 33.2 Å². The summed E-state index contributed by atoms with van der Waals surface area (Å²) in [5.41, 5.74) is 0. The van der Waals surface area contributed by atoms with Gasteiger partial charge in [0.1, 0.15) is 6.04 Å². The molecule has 0 aliphatic carbocycles. The first-order chi connectivity index (χ1) is 12.7. The Morgan fingerprint density at radius 2 is 2.04 bits per heavy atom. The Morgan fingerprint density at radius 1 is 1.33 bits per heavy atom. The molecule has 1 unspecified atom stereocenters. The number of hydrogen-bond acceptors (Lipinski definition) is 7. The van der Waals surface area contributed by atoms with Crippen molar-refractivity contribution in [3.05, 3.63) is 33.6 Å². The number of thiophene rings is 1. The van der Waals surface area contributed by atoms with Gasteiger partial charge in [0.05, 0.1) is 4.88 Å². The third-order valence-corrected chi connectivity index (χ3v) is 5.34. The van der Waals surface area contributed by atoms with Crippen LogP contribution in [0.3, 0.4) is 0 Å². The predicted molar refractivity (Wildman–Crippen MR) is 92.3 cm³/mol. The molecule has 1 N–H and O–H groups in total. The highest BCUT2D eigenvalue weighted by Gasteiger charge is 2.37. The molecular formula is C16H20F3N5O2S. The Labute approximate surface area is 158 Å². The van der Waals surface area contributed by atoms with Crippen LogP contribution in [0.5, 0.6) is 0 Å². The Morgan fingerprint density at radius 3 is 2.67 bits per heavy atom. The molecule has 148 valence electrons. The zero-order valence-corrected chi connectivity index (χ0v) is 15.7. The number of amides is 1. The summed E-state index contributed by atoms with van der Waals surface area (Å²) < 4.78 is 42.2. The summed E-state index contributed by atoms with van der Waals surface area (Å²) in [4.78, 5) is 21.8. The number of likely N-dealkylation sites (N-methyl/N-ethyl adjacent to an activating group) is 1. The van der Waals surface area contributed by atoms with Crippen LogP contribution >= 0.6 is 11.3 Å². The van der Waals surface area contributed by atoms with Crippen molar-refractivity contribution in [2.45, 2.75) is 25.7 Å². The van der Waals surface area contributed by atoms with Crippen molar-refractivity contribution in [3.63, 3.8) is 0 Å². The van der Waals surface area contributed by atoms with E-state index in [1.54, 1.807) is 6.07 Å². The predicted octanol–water partition coefficient (Wildman–Crippen LogP) is 2.39. The summed E-state index contributed by atoms with van der Waals surface area (Å²) in [7, 11) is 2.09. The molecule has 0 bridgehead atoms. The molecule has 0 spiro atoms. The molecule has 0 saturated carbocycles. The van der Waals surface area contributed by atoms with E-state index in [0.29, 0.717) is 4.88 Å². The van der Waals surface area contributed by atoms with E-state index in [9.17, 15) is 18.0 Å². The standard InChI is InChI=1S/C16H20F3N5O2S/c1-10(14-21-15(22-26-14)16(17,18)19)20-13(25)12-4-3-11(27-12)9-24-7-5-23(2)6-8-24/h3-4,10H,5-9H2,1-2H3,(H,20,25). The Kier molecular flexibility index (Phi) is 5.82. The van der Waals surface area contributed by atoms with Gasteiger partial charge in [0.15, 0.2) is 0 Å². The average Bonchev–Trinajstić information content (AvgIpc) is 3.26. The molecule has 3 heterocycles. The van der Waals surface area contributed by atoms with Crippen molar-refractivity contribution >= 4 is 17.2 Å². The third-order valence-electron chi connectivity index (χ3n) is 4.27. The number of alkyl halides is 3. The lowest BCUT2D eigenvalue weighted by molar-refractivity contribution is -0.146. The normalized spacial score (nSPS) is 17.8. The fourth-order valence-electron chi connectivity index (χ4n) is 2.67. The van der Waals surface area contributed by atoms with Crippen LogP contribution in [0.15, 0.2) is 16.7 Å². The van der Waals surface area contributed by atoms with Crippen LogP contribution in [0, 0.1) is 0 Å². The lowest BCUT2D eigenvalue weighted by Crippen LogP contribution is -2.43. The number of nitrogens with one attached hydrogen (secondary N) is 1. The molecule has 1 amide bonds. The molecule has 3 rings (SSSR count). The second-order valence-electron chi connectivity index (χ2n) is 6.49. The van der Waals surface area contributed by atoms with E-state index in [-0.39, 0.29) is 11.8 Å². The number of halogens is 3. The summed E-state index contributed by atoms with van der Waals surface area (Å²) in [6.07, 6.45) is -4.68. The minimum atomic E-state index is -4.68. The minimum Gasteiger partial charge on any atom is -0.340 e. The molecule has 1 aliphatic heterocycles. The first-order valence-electron chi connectivity index (χ1n) is 8.43. The van der Waals surface area contributed by atoms with Gasteiger partial charge in [-0.3, -0.25) is 9.69 Å². The quantitative estimate of drug-likeness (QED) is 0.826. The van der Waals surface area contributed by atoms with Gasteiger partial charge in [-0.2, -0.15) is 18.2 Å². The number of hydrogen-bond donors (Lipinski definition) is 1. The van der Waals surface area contributed by atoms with E-state index < -0.39 is 18.0 Å². The Bertz CT molecular complexity index is 783. The van der Waals surface area contributed by atoms with Gasteiger partial charge >= 0.3 is 6.18 Å². The summed E-state index contributed by atoms with van der Waals surface area (Å²) in [6, 6.07) is 2.79. The topological polar surface area (TPSA) is 74.5 Å². The molecule has 1 aliphatic rings. The zero-order valence-electron chi connectivity index (χ0n) is 14.9. The largest absolute Gasteiger partial charge is 0.455 e. The average molecular weight is 403 g/mol. The van der Waals surface area contributed by atoms with Crippen LogP contribution < -0.4 is 5.32 Å². The lowest BCUT2D eigenvalue weighted by Gasteiger charge is -2.31. The van der Waals surface area contributed by atoms with Crippen LogP contribution in [0.25, 0.3) is 0 Å². The van der Waals surface area contributed by atoms with Crippen molar-refractivity contribution in [1.82, 2.24) is 25.3 Å². The van der Waals surface area contributed by atoms with Crippen LogP contribution in [-0.4, -0.2) is 59.1 Å². The maximum absolute atomic E-state index is 12.5. The minimum absolute atomic E-state index is 0.287. The molecule has 7 nitrogen and oxygen atoms in total. The number of aromatic nitrogens is 2. The number of carbonyl (C=O) groups excluding carboxylic acids is 1. The van der Waals surface area contributed by atoms with Crippen LogP contribution in [0.4, 0.5) is 13.2 Å². The zero-order chi connectivity index (χ0) is 19.6. The lowest BCUT2D eigenvalue weighted by atomic mass is 10.3. The fraction of sp³-hybridized carbons (Fsp3) is 0.562. The molecule has 11 heteroatoms. The van der Waals surface area contributed by atoms with Gasteiger partial charge < -0.3 is 14.7 Å². The highest BCUT2D eigenvalue weighted by atomic mass is 32.1. The Hall–Kier alpha value is -1.98. The monoisotopic (exact) mass is 403 g/mol. The summed E-state index contributed by atoms with van der Waals surface area (Å²) in [5, 5.41) is 5.48. The van der Waals surface area contributed by atoms with Gasteiger partial charge in [-0.15, -0.1) is 11.3 Å². The second-order valence-corrected chi connectivity index (χ2v) is 7.66. The summed E-state index contributed by atoms with van der Waals surface area (Å²) in [5.74, 6) is -2.03. The highest BCUT2D eigenvalue weighted by molar-refractivity contribution is 7.14. The van der Waals surface area contributed by atoms with Crippen LogP contribution in [-0.2, 0) is 12.7 Å². The number of piperazine rings is 1. The van der Waals surface area contributed by atoms with Crippen LogP contribution in [0.2, 0.25) is 0 Å². The molecule has 1 fully saturated rings. The van der Waals surface area contributed by atoms with Crippen molar-refractivity contribution in [1.29, 1.82) is 0 Å². The maximum Gasteiger partial charge on any atom is 0.455 e. The molecule has 1 atom stereocenters. The van der Waals surface area contributed by atoms with E-state index in [1.165, 1.54) is 18.3 Å². The van der Waals surface area contributed by atoms with Gasteiger partial charge in [-0.1, -0.05) is 5.16 Å². The first kappa shape index (κ1) is 19.8. The molecule has 0 aromatic carbocycles. The molecular weight excluding hydrogens is 383 g/mol. The van der Waals surface area contributed by atoms with E-state index in [1.807, 2.05) is 6.07 Å². The summed E-state index contributed by atoms with van der Waals surface area (Å²) >= 11 is 1.37. The SMILES string of the molecule is CC(NC(=O)c1ccc(CN2CCN(C)CC2)s1)c1nc(C(F)(F)F)no1. The summed E-state index contributed by atoms with van der Waals surface area (Å²) in [6.45, 7) is 6.25. The van der Waals surface area contributed by atoms with E-state index in [0.717, 1.165) is 37.6 Å². The number of nitrogens with zero attached hydrogens (tertiary/aromatic N) is 4. The van der Waals surface area contributed by atoms with Crippen molar-refractivity contribution in [3.8, 4) is 0 Å². The molecule has 2 aromatic heterocycles. The second kappa shape index (κ2) is 7.95. The van der Waals surface area contributed by atoms with E-state index >= 15 is 0 Å². The van der Waals surface area contributed by atoms with E-state index in [2.05, 4.69) is 36.8 Å². The Balaban J connectivity index is 1.56.